The maximum absolute atomic E-state index is 13.1. The average Bonchev–Trinajstić information content (AvgIpc) is 3.00. The van der Waals surface area contributed by atoms with Gasteiger partial charge in [0.2, 0.25) is 5.96 Å². The summed E-state index contributed by atoms with van der Waals surface area (Å²) < 4.78 is 18.8. The minimum absolute atomic E-state index is 0.133. The fraction of sp³-hybridized carbons (Fsp3) is 0.188. The molecule has 10 nitrogen and oxygen atoms in total. The lowest BCUT2D eigenvalue weighted by molar-refractivity contribution is 0.00588. The number of carbonyl (C=O) groups excluding carboxylic acids is 2. The van der Waals surface area contributed by atoms with Crippen LogP contribution < -0.4 is 20.9 Å². The zero-order valence-electron chi connectivity index (χ0n) is 23.4. The van der Waals surface area contributed by atoms with Gasteiger partial charge >= 0.3 is 0 Å². The Kier molecular flexibility index (Phi) is 8.92. The van der Waals surface area contributed by atoms with Crippen molar-refractivity contribution in [2.75, 3.05) is 25.0 Å². The van der Waals surface area contributed by atoms with Crippen molar-refractivity contribution in [1.29, 1.82) is 5.41 Å². The van der Waals surface area contributed by atoms with Gasteiger partial charge in [0.1, 0.15) is 17.1 Å². The van der Waals surface area contributed by atoms with Crippen LogP contribution in [0.2, 0.25) is 0 Å². The van der Waals surface area contributed by atoms with E-state index in [1.54, 1.807) is 59.6 Å². The first kappa shape index (κ1) is 29.2. The fourth-order valence-electron chi connectivity index (χ4n) is 4.48. The largest absolute Gasteiger partial charge is 0.492 e. The van der Waals surface area contributed by atoms with Gasteiger partial charge in [0, 0.05) is 37.0 Å². The Morgan fingerprint density at radius 3 is 2.37 bits per heavy atom. The normalized spacial score (nSPS) is 13.3. The van der Waals surface area contributed by atoms with Gasteiger partial charge < -0.3 is 30.4 Å². The molecule has 4 aromatic rings. The number of carbonyl (C=O) groups is 2. The van der Waals surface area contributed by atoms with Crippen LogP contribution in [0, 0.1) is 11.2 Å². The Morgan fingerprint density at radius 2 is 1.72 bits per heavy atom. The van der Waals surface area contributed by atoms with Crippen LogP contribution in [0.1, 0.15) is 33.2 Å². The molecule has 3 aromatic carbocycles. The van der Waals surface area contributed by atoms with Crippen molar-refractivity contribution in [3.8, 4) is 16.9 Å². The van der Waals surface area contributed by atoms with Crippen LogP contribution in [-0.2, 0) is 6.54 Å². The van der Waals surface area contributed by atoms with Gasteiger partial charge in [0.25, 0.3) is 11.8 Å². The van der Waals surface area contributed by atoms with Gasteiger partial charge in [-0.2, -0.15) is 4.99 Å². The molecule has 0 radical (unpaired) electrons. The predicted molar refractivity (Wildman–Crippen MR) is 160 cm³/mol. The van der Waals surface area contributed by atoms with Crippen LogP contribution in [0.3, 0.4) is 0 Å². The standard InChI is InChI=1S/C32H31FN6O4/c1-2-43-28-15-23(31(42)39-18-26(40)19-39)9-13-27(28)37-32(34)38-29-14-10-24(17-35-29)21-5-7-22(8-6-21)30(41)36-16-20-3-11-25(33)12-4-20/h3-15,17,26,40H,2,16,18-19H2,1H3,(H,36,41)(H3,34,35,37,38). The molecule has 11 heteroatoms. The summed E-state index contributed by atoms with van der Waals surface area (Å²) in [6.45, 7) is 3.12. The number of H-pyrrole nitrogens is 1. The second-order valence-electron chi connectivity index (χ2n) is 9.94. The minimum Gasteiger partial charge on any atom is -0.492 e. The summed E-state index contributed by atoms with van der Waals surface area (Å²) in [7, 11) is 0. The number of nitrogens with zero attached hydrogens (tertiary/aromatic N) is 2. The zero-order valence-corrected chi connectivity index (χ0v) is 23.4. The lowest BCUT2D eigenvalue weighted by Crippen LogP contribution is -2.53. The van der Waals surface area contributed by atoms with Gasteiger partial charge in [0.05, 0.1) is 18.4 Å². The molecule has 1 aliphatic heterocycles. The highest BCUT2D eigenvalue weighted by atomic mass is 19.1. The summed E-state index contributed by atoms with van der Waals surface area (Å²) in [6.07, 6.45) is 1.28. The van der Waals surface area contributed by atoms with E-state index in [4.69, 9.17) is 10.1 Å². The molecule has 0 saturated carbocycles. The number of aliphatic hydroxyl groups excluding tert-OH is 1. The number of nitrogens with one attached hydrogen (secondary N) is 4. The summed E-state index contributed by atoms with van der Waals surface area (Å²) in [5.41, 5.74) is 4.43. The van der Waals surface area contributed by atoms with Crippen LogP contribution in [0.4, 0.5) is 10.1 Å². The molecule has 1 aromatic heterocycles. The number of hydrogen-bond donors (Lipinski definition) is 5. The van der Waals surface area contributed by atoms with E-state index in [1.807, 2.05) is 25.1 Å². The molecule has 220 valence electrons. The minimum atomic E-state index is -0.482. The molecule has 0 atom stereocenters. The third kappa shape index (κ3) is 7.32. The molecule has 0 unspecified atom stereocenters. The van der Waals surface area contributed by atoms with Crippen molar-refractivity contribution in [2.24, 2.45) is 4.99 Å². The van der Waals surface area contributed by atoms with Crippen LogP contribution in [0.5, 0.6) is 5.75 Å². The molecular weight excluding hydrogens is 551 g/mol. The quantitative estimate of drug-likeness (QED) is 0.158. The molecule has 1 saturated heterocycles. The lowest BCUT2D eigenvalue weighted by atomic mass is 10.1. The number of benzene rings is 3. The number of pyridine rings is 1. The highest BCUT2D eigenvalue weighted by molar-refractivity contribution is 5.98. The van der Waals surface area contributed by atoms with E-state index in [0.29, 0.717) is 54.3 Å². The summed E-state index contributed by atoms with van der Waals surface area (Å²) >= 11 is 0. The van der Waals surface area contributed by atoms with Crippen molar-refractivity contribution in [3.63, 3.8) is 0 Å². The number of likely N-dealkylation sites (tertiary alicyclic amines) is 1. The molecule has 5 rings (SSSR count). The Morgan fingerprint density at radius 1 is 1.02 bits per heavy atom. The van der Waals surface area contributed by atoms with E-state index in [9.17, 15) is 19.1 Å². The molecule has 43 heavy (non-hydrogen) atoms. The number of anilines is 1. The summed E-state index contributed by atoms with van der Waals surface area (Å²) in [6, 6.07) is 21.6. The third-order valence-corrected chi connectivity index (χ3v) is 6.81. The van der Waals surface area contributed by atoms with Gasteiger partial charge in [-0.3, -0.25) is 15.0 Å². The number of amides is 2. The van der Waals surface area contributed by atoms with E-state index in [2.05, 4.69) is 20.6 Å². The van der Waals surface area contributed by atoms with Gasteiger partial charge in [-0.1, -0.05) is 24.3 Å². The maximum Gasteiger partial charge on any atom is 0.254 e. The monoisotopic (exact) mass is 582 g/mol. The number of ether oxygens (including phenoxy) is 1. The average molecular weight is 583 g/mol. The molecule has 0 aliphatic carbocycles. The second-order valence-corrected chi connectivity index (χ2v) is 9.94. The van der Waals surface area contributed by atoms with Crippen molar-refractivity contribution in [2.45, 2.75) is 19.6 Å². The number of β-amino-alcohol motifs (C(OH)–C–C–N with tert-alkyl or cyclic N) is 1. The van der Waals surface area contributed by atoms with Gasteiger partial charge in [0.15, 0.2) is 0 Å². The molecule has 0 spiro atoms. The van der Waals surface area contributed by atoms with Gasteiger partial charge in [-0.15, -0.1) is 0 Å². The molecule has 1 fully saturated rings. The SMILES string of the molecule is CCOc1cc(C(=O)N2CC(O)C2)ccc1NC(=N)/N=c1/ccc(-c2ccc(C(=O)NCc3ccc(F)cc3)cc2)c[nH]1. The second kappa shape index (κ2) is 13.1. The highest BCUT2D eigenvalue weighted by Crippen LogP contribution is 2.27. The Balaban J connectivity index is 1.20. The Hall–Kier alpha value is -5.29. The van der Waals surface area contributed by atoms with Crippen LogP contribution >= 0.6 is 0 Å². The smallest absolute Gasteiger partial charge is 0.254 e. The maximum atomic E-state index is 13.1. The molecule has 2 heterocycles. The number of rotatable bonds is 8. The van der Waals surface area contributed by atoms with E-state index in [1.165, 1.54) is 12.1 Å². The van der Waals surface area contributed by atoms with E-state index < -0.39 is 6.10 Å². The first-order chi connectivity index (χ1) is 20.8. The number of halogens is 1. The third-order valence-electron chi connectivity index (χ3n) is 6.81. The molecule has 1 aliphatic rings. The highest BCUT2D eigenvalue weighted by Gasteiger charge is 2.29. The predicted octanol–water partition coefficient (Wildman–Crippen LogP) is 3.91. The fourth-order valence-corrected chi connectivity index (χ4v) is 4.48. The molecule has 5 N–H and O–H groups in total. The van der Waals surface area contributed by atoms with Gasteiger partial charge in [-0.25, -0.2) is 4.39 Å². The van der Waals surface area contributed by atoms with Crippen LogP contribution in [0.25, 0.3) is 11.1 Å². The number of aliphatic hydroxyl groups is 1. The summed E-state index contributed by atoms with van der Waals surface area (Å²) in [4.78, 5) is 34.0. The number of aromatic amines is 1. The topological polar surface area (TPSA) is 143 Å². The Labute approximate surface area is 247 Å². The van der Waals surface area contributed by atoms with Crippen molar-refractivity contribution >= 4 is 23.5 Å². The van der Waals surface area contributed by atoms with Crippen molar-refractivity contribution in [1.82, 2.24) is 15.2 Å². The van der Waals surface area contributed by atoms with E-state index in [0.717, 1.165) is 16.7 Å². The van der Waals surface area contributed by atoms with Gasteiger partial charge in [-0.05, 0) is 78.2 Å². The Bertz CT molecular complexity index is 1680. The number of guanidine groups is 1. The van der Waals surface area contributed by atoms with E-state index >= 15 is 0 Å². The molecule has 2 amide bonds. The first-order valence-electron chi connectivity index (χ1n) is 13.8. The zero-order chi connectivity index (χ0) is 30.3. The van der Waals surface area contributed by atoms with E-state index in [-0.39, 0.29) is 23.6 Å². The van der Waals surface area contributed by atoms with Crippen LogP contribution in [0.15, 0.2) is 90.1 Å². The molecular formula is C32H31FN6O4. The summed E-state index contributed by atoms with van der Waals surface area (Å²) in [5.74, 6) is -0.454. The lowest BCUT2D eigenvalue weighted by Gasteiger charge is -2.35. The number of hydrogen-bond acceptors (Lipinski definition) is 5. The van der Waals surface area contributed by atoms with Crippen molar-refractivity contribution in [3.05, 3.63) is 113 Å². The molecule has 0 bridgehead atoms. The summed E-state index contributed by atoms with van der Waals surface area (Å²) in [5, 5.41) is 23.6. The van der Waals surface area contributed by atoms with Crippen LogP contribution in [-0.4, -0.2) is 58.6 Å². The number of aromatic nitrogens is 1. The van der Waals surface area contributed by atoms with Crippen molar-refractivity contribution < 1.29 is 23.8 Å². The first-order valence-corrected chi connectivity index (χ1v) is 13.8.